The lowest BCUT2D eigenvalue weighted by atomic mass is 9.69. The number of carbonyl (C=O) groups is 2. The Kier molecular flexibility index (Phi) is 13.2. The fourth-order valence-corrected chi connectivity index (χ4v) is 8.98. The Morgan fingerprint density at radius 3 is 1.88 bits per heavy atom. The normalized spacial score (nSPS) is 38.3. The van der Waals surface area contributed by atoms with Gasteiger partial charge in [0, 0.05) is 12.1 Å². The molecule has 4 N–H and O–H groups in total. The second-order valence-corrected chi connectivity index (χ2v) is 14.0. The van der Waals surface area contributed by atoms with Crippen LogP contribution in [0.5, 0.6) is 0 Å². The fourth-order valence-electron chi connectivity index (χ4n) is 8.98. The Morgan fingerprint density at radius 2 is 1.27 bits per heavy atom. The molecule has 236 valence electrons. The number of hydrogen-bond donors (Lipinski definition) is 4. The summed E-state index contributed by atoms with van der Waals surface area (Å²) in [4.78, 5) is 35.4. The Labute approximate surface area is 248 Å². The van der Waals surface area contributed by atoms with E-state index in [1.165, 1.54) is 38.5 Å². The highest BCUT2D eigenvalue weighted by molar-refractivity contribution is 5.85. The zero-order chi connectivity index (χ0) is 29.2. The molecular weight excluding hydrogens is 520 g/mol. The lowest BCUT2D eigenvalue weighted by molar-refractivity contribution is -0.256. The molecule has 0 spiro atoms. The summed E-state index contributed by atoms with van der Waals surface area (Å²) in [6.07, 6.45) is 18.4. The standard InChI is InChI=1S/C33H58N2O6/c1-3-24-18-22(13-15-30(24)34-32(36)28-11-7-8-12-29(28)33(37)38)17-23-14-16-31(25(4-2)19-23)35-40-20-26-9-5-6-10-27(26)21-41-39/h22-31,35,39H,3-21H2,1-2H3,(H,34,36)(H,37,38). The van der Waals surface area contributed by atoms with Crippen LogP contribution in [0.25, 0.3) is 0 Å². The third-order valence-electron chi connectivity index (χ3n) is 11.5. The third kappa shape index (κ3) is 9.14. The zero-order valence-electron chi connectivity index (χ0n) is 25.7. The van der Waals surface area contributed by atoms with E-state index < -0.39 is 11.9 Å². The Morgan fingerprint density at radius 1 is 0.707 bits per heavy atom. The van der Waals surface area contributed by atoms with Gasteiger partial charge in [-0.3, -0.25) is 14.8 Å². The summed E-state index contributed by atoms with van der Waals surface area (Å²) in [6.45, 7) is 5.65. The predicted octanol–water partition coefficient (Wildman–Crippen LogP) is 6.59. The van der Waals surface area contributed by atoms with Gasteiger partial charge in [-0.2, -0.15) is 5.48 Å². The first-order valence-corrected chi connectivity index (χ1v) is 17.1. The van der Waals surface area contributed by atoms with Crippen LogP contribution in [-0.4, -0.2) is 47.5 Å². The largest absolute Gasteiger partial charge is 0.481 e. The smallest absolute Gasteiger partial charge is 0.307 e. The molecule has 0 heterocycles. The molecule has 4 aliphatic rings. The van der Waals surface area contributed by atoms with E-state index in [2.05, 4.69) is 29.5 Å². The highest BCUT2D eigenvalue weighted by Gasteiger charge is 2.39. The number of aliphatic carboxylic acids is 1. The lowest BCUT2D eigenvalue weighted by Crippen LogP contribution is -2.48. The first kappa shape index (κ1) is 32.7. The Balaban J connectivity index is 1.20. The summed E-state index contributed by atoms with van der Waals surface area (Å²) in [5.74, 6) is 1.71. The summed E-state index contributed by atoms with van der Waals surface area (Å²) in [6, 6.07) is 0.601. The Hall–Kier alpha value is -1.22. The van der Waals surface area contributed by atoms with Crippen molar-refractivity contribution in [2.45, 2.75) is 135 Å². The minimum atomic E-state index is -0.812. The van der Waals surface area contributed by atoms with Gasteiger partial charge in [-0.25, -0.2) is 4.89 Å². The maximum Gasteiger partial charge on any atom is 0.307 e. The van der Waals surface area contributed by atoms with E-state index in [-0.39, 0.29) is 17.9 Å². The van der Waals surface area contributed by atoms with Crippen LogP contribution < -0.4 is 10.8 Å². The maximum absolute atomic E-state index is 13.1. The van der Waals surface area contributed by atoms with Gasteiger partial charge in [0.15, 0.2) is 0 Å². The molecule has 0 aromatic carbocycles. The summed E-state index contributed by atoms with van der Waals surface area (Å²) in [5, 5.41) is 21.9. The van der Waals surface area contributed by atoms with Crippen molar-refractivity contribution in [3.63, 3.8) is 0 Å². The van der Waals surface area contributed by atoms with Crippen molar-refractivity contribution in [2.75, 3.05) is 13.2 Å². The molecule has 10 unspecified atom stereocenters. The van der Waals surface area contributed by atoms with Gasteiger partial charge < -0.3 is 15.3 Å². The monoisotopic (exact) mass is 578 g/mol. The lowest BCUT2D eigenvalue weighted by Gasteiger charge is -2.41. The molecule has 0 aromatic heterocycles. The summed E-state index contributed by atoms with van der Waals surface area (Å²) in [5.41, 5.74) is 3.45. The van der Waals surface area contributed by atoms with Crippen LogP contribution in [0.15, 0.2) is 0 Å². The van der Waals surface area contributed by atoms with Crippen molar-refractivity contribution < 1.29 is 29.7 Å². The van der Waals surface area contributed by atoms with Crippen LogP contribution in [0.1, 0.15) is 123 Å². The van der Waals surface area contributed by atoms with Gasteiger partial charge in [0.1, 0.15) is 0 Å². The molecule has 0 bridgehead atoms. The predicted molar refractivity (Wildman–Crippen MR) is 159 cm³/mol. The van der Waals surface area contributed by atoms with E-state index >= 15 is 0 Å². The van der Waals surface area contributed by atoms with Crippen molar-refractivity contribution in [2.24, 2.45) is 47.3 Å². The van der Waals surface area contributed by atoms with E-state index in [4.69, 9.17) is 10.1 Å². The van der Waals surface area contributed by atoms with Gasteiger partial charge in [0.2, 0.25) is 5.91 Å². The summed E-state index contributed by atoms with van der Waals surface area (Å²) in [7, 11) is 0. The second kappa shape index (κ2) is 16.6. The molecule has 4 saturated carbocycles. The Bertz CT molecular complexity index is 809. The van der Waals surface area contributed by atoms with Crippen LogP contribution in [0.4, 0.5) is 0 Å². The fraction of sp³-hybridized carbons (Fsp3) is 0.939. The molecule has 1 amide bonds. The van der Waals surface area contributed by atoms with E-state index in [0.29, 0.717) is 55.8 Å². The molecular formula is C33H58N2O6. The number of carboxylic acid groups (broad SMARTS) is 1. The highest BCUT2D eigenvalue weighted by atomic mass is 17.1. The van der Waals surface area contributed by atoms with Crippen LogP contribution in [0, 0.1) is 47.3 Å². The molecule has 0 aliphatic heterocycles. The van der Waals surface area contributed by atoms with Crippen molar-refractivity contribution in [1.29, 1.82) is 0 Å². The van der Waals surface area contributed by atoms with E-state index in [0.717, 1.165) is 69.6 Å². The summed E-state index contributed by atoms with van der Waals surface area (Å²) < 4.78 is 0. The highest BCUT2D eigenvalue weighted by Crippen LogP contribution is 2.41. The van der Waals surface area contributed by atoms with E-state index in [1.807, 2.05) is 0 Å². The van der Waals surface area contributed by atoms with Crippen molar-refractivity contribution in [3.8, 4) is 0 Å². The SMILES string of the molecule is CCC1CC(CC2CCC(NC(=O)C3CCCCC3C(=O)O)C(CC)C2)CCC1NOCC1CCCCC1COO. The average Bonchev–Trinajstić information content (AvgIpc) is 2.99. The molecule has 0 saturated heterocycles. The van der Waals surface area contributed by atoms with Crippen LogP contribution in [-0.2, 0) is 19.3 Å². The first-order chi connectivity index (χ1) is 19.9. The molecule has 4 aliphatic carbocycles. The molecule has 8 nitrogen and oxygen atoms in total. The second-order valence-electron chi connectivity index (χ2n) is 14.0. The van der Waals surface area contributed by atoms with Crippen LogP contribution >= 0.6 is 0 Å². The number of amides is 1. The number of carboxylic acids is 1. The minimum Gasteiger partial charge on any atom is -0.481 e. The average molecular weight is 579 g/mol. The van der Waals surface area contributed by atoms with Gasteiger partial charge >= 0.3 is 5.97 Å². The number of hydrogen-bond acceptors (Lipinski definition) is 6. The van der Waals surface area contributed by atoms with Gasteiger partial charge in [-0.05, 0) is 106 Å². The minimum absolute atomic E-state index is 0.0152. The van der Waals surface area contributed by atoms with Crippen molar-refractivity contribution in [1.82, 2.24) is 10.8 Å². The molecule has 8 heteroatoms. The number of rotatable bonds is 13. The number of hydroxylamine groups is 1. The number of nitrogens with one attached hydrogen (secondary N) is 2. The zero-order valence-corrected chi connectivity index (χ0v) is 25.7. The molecule has 4 fully saturated rings. The first-order valence-electron chi connectivity index (χ1n) is 17.1. The molecule has 10 atom stereocenters. The van der Waals surface area contributed by atoms with Crippen molar-refractivity contribution in [3.05, 3.63) is 0 Å². The van der Waals surface area contributed by atoms with Crippen molar-refractivity contribution >= 4 is 11.9 Å². The van der Waals surface area contributed by atoms with Gasteiger partial charge in [-0.1, -0.05) is 52.4 Å². The molecule has 0 aromatic rings. The molecule has 41 heavy (non-hydrogen) atoms. The van der Waals surface area contributed by atoms with Gasteiger partial charge in [-0.15, -0.1) is 0 Å². The topological polar surface area (TPSA) is 117 Å². The maximum atomic E-state index is 13.1. The third-order valence-corrected chi connectivity index (χ3v) is 11.5. The number of carbonyl (C=O) groups excluding carboxylic acids is 1. The van der Waals surface area contributed by atoms with Crippen LogP contribution in [0.2, 0.25) is 0 Å². The summed E-state index contributed by atoms with van der Waals surface area (Å²) >= 11 is 0. The van der Waals surface area contributed by atoms with Crippen LogP contribution in [0.3, 0.4) is 0 Å². The van der Waals surface area contributed by atoms with E-state index in [1.54, 1.807) is 0 Å². The van der Waals surface area contributed by atoms with E-state index in [9.17, 15) is 14.7 Å². The molecule has 0 radical (unpaired) electrons. The quantitative estimate of drug-likeness (QED) is 0.144. The molecule has 4 rings (SSSR count). The van der Waals surface area contributed by atoms with Gasteiger partial charge in [0.25, 0.3) is 0 Å². The van der Waals surface area contributed by atoms with Gasteiger partial charge in [0.05, 0.1) is 25.0 Å².